The Labute approximate surface area is 149 Å². The molecular weight excluding hydrogens is 322 g/mol. The third-order valence-corrected chi connectivity index (χ3v) is 4.17. The first-order chi connectivity index (χ1) is 11.4. The highest BCUT2D eigenvalue weighted by molar-refractivity contribution is 6.31. The van der Waals surface area contributed by atoms with E-state index in [1.807, 2.05) is 19.1 Å². The number of ether oxygens (including phenoxy) is 1. The number of hydrogen-bond acceptors (Lipinski definition) is 2. The van der Waals surface area contributed by atoms with Crippen molar-refractivity contribution in [2.24, 2.45) is 5.92 Å². The van der Waals surface area contributed by atoms with Gasteiger partial charge in [0.15, 0.2) is 0 Å². The van der Waals surface area contributed by atoms with Crippen molar-refractivity contribution in [3.8, 4) is 5.75 Å². The Bertz CT molecular complexity index is 695. The van der Waals surface area contributed by atoms with Gasteiger partial charge in [-0.3, -0.25) is 4.79 Å². The van der Waals surface area contributed by atoms with Gasteiger partial charge in [-0.2, -0.15) is 0 Å². The summed E-state index contributed by atoms with van der Waals surface area (Å²) in [6, 6.07) is 13.4. The number of hydrogen-bond donors (Lipinski definition) is 1. The molecule has 0 saturated heterocycles. The van der Waals surface area contributed by atoms with Crippen LogP contribution in [-0.2, 0) is 11.2 Å². The molecule has 0 radical (unpaired) electrons. The molecule has 0 aliphatic carbocycles. The molecule has 1 atom stereocenters. The van der Waals surface area contributed by atoms with Crippen LogP contribution in [0.5, 0.6) is 5.75 Å². The number of carbonyl (C=O) groups is 1. The van der Waals surface area contributed by atoms with E-state index >= 15 is 0 Å². The van der Waals surface area contributed by atoms with Gasteiger partial charge in [0.2, 0.25) is 5.91 Å². The van der Waals surface area contributed by atoms with Gasteiger partial charge in [0, 0.05) is 5.02 Å². The Morgan fingerprint density at radius 1 is 1.12 bits per heavy atom. The Morgan fingerprint density at radius 3 is 2.38 bits per heavy atom. The molecule has 2 rings (SSSR count). The van der Waals surface area contributed by atoms with E-state index in [9.17, 15) is 4.79 Å². The van der Waals surface area contributed by atoms with Crippen molar-refractivity contribution in [1.29, 1.82) is 0 Å². The monoisotopic (exact) mass is 345 g/mol. The summed E-state index contributed by atoms with van der Waals surface area (Å²) in [6.07, 6.45) is 1.04. The Kier molecular flexibility index (Phi) is 6.27. The normalized spacial score (nSPS) is 12.1. The van der Waals surface area contributed by atoms with Gasteiger partial charge in [0.05, 0.1) is 18.7 Å². The van der Waals surface area contributed by atoms with Crippen LogP contribution in [0.4, 0.5) is 5.69 Å². The van der Waals surface area contributed by atoms with Gasteiger partial charge in [-0.1, -0.05) is 49.7 Å². The van der Waals surface area contributed by atoms with Crippen molar-refractivity contribution >= 4 is 23.2 Å². The zero-order chi connectivity index (χ0) is 17.7. The highest BCUT2D eigenvalue weighted by atomic mass is 35.5. The molecule has 24 heavy (non-hydrogen) atoms. The van der Waals surface area contributed by atoms with E-state index in [1.165, 1.54) is 5.56 Å². The maximum Gasteiger partial charge on any atom is 0.231 e. The molecule has 0 heterocycles. The lowest BCUT2D eigenvalue weighted by atomic mass is 9.96. The fraction of sp³-hybridized carbons (Fsp3) is 0.350. The molecule has 0 aliphatic heterocycles. The van der Waals surface area contributed by atoms with Crippen LogP contribution in [-0.4, -0.2) is 13.0 Å². The average molecular weight is 346 g/mol. The molecule has 4 heteroatoms. The molecule has 0 unspecified atom stereocenters. The predicted octanol–water partition coefficient (Wildman–Crippen LogP) is 5.29. The van der Waals surface area contributed by atoms with E-state index in [-0.39, 0.29) is 11.8 Å². The number of benzene rings is 2. The van der Waals surface area contributed by atoms with E-state index in [2.05, 4.69) is 31.3 Å². The predicted molar refractivity (Wildman–Crippen MR) is 100 cm³/mol. The minimum atomic E-state index is -0.262. The molecule has 2 aromatic rings. The molecule has 3 nitrogen and oxygen atoms in total. The molecule has 0 aliphatic rings. The van der Waals surface area contributed by atoms with E-state index < -0.39 is 0 Å². The van der Waals surface area contributed by atoms with Gasteiger partial charge in [0.1, 0.15) is 5.75 Å². The smallest absolute Gasteiger partial charge is 0.231 e. The van der Waals surface area contributed by atoms with E-state index in [0.717, 1.165) is 12.0 Å². The zero-order valence-corrected chi connectivity index (χ0v) is 15.4. The van der Waals surface area contributed by atoms with Crippen LogP contribution in [0, 0.1) is 5.92 Å². The summed E-state index contributed by atoms with van der Waals surface area (Å²) in [5, 5.41) is 3.45. The molecule has 0 saturated carbocycles. The van der Waals surface area contributed by atoms with Gasteiger partial charge in [0.25, 0.3) is 0 Å². The second-order valence-corrected chi connectivity index (χ2v) is 6.83. The Hall–Kier alpha value is -2.00. The van der Waals surface area contributed by atoms with Crippen molar-refractivity contribution in [3.05, 3.63) is 58.6 Å². The summed E-state index contributed by atoms with van der Waals surface area (Å²) in [6.45, 7) is 6.29. The standard InChI is InChI=1S/C20H24ClNO2/c1-13(2)11-15-5-7-16(8-6-15)14(3)20(23)22-18-12-17(21)9-10-19(18)24-4/h5-10,12-14H,11H2,1-4H3,(H,22,23)/t14-/m0/s1. The molecule has 1 amide bonds. The van der Waals surface area contributed by atoms with E-state index in [1.54, 1.807) is 25.3 Å². The van der Waals surface area contributed by atoms with Crippen molar-refractivity contribution in [1.82, 2.24) is 0 Å². The molecular formula is C20H24ClNO2. The van der Waals surface area contributed by atoms with Crippen LogP contribution in [0.1, 0.15) is 37.8 Å². The minimum Gasteiger partial charge on any atom is -0.495 e. The van der Waals surface area contributed by atoms with Crippen LogP contribution in [0.3, 0.4) is 0 Å². The second kappa shape index (κ2) is 8.20. The van der Waals surface area contributed by atoms with Gasteiger partial charge in [-0.25, -0.2) is 0 Å². The Morgan fingerprint density at radius 2 is 1.79 bits per heavy atom. The molecule has 128 valence electrons. The lowest BCUT2D eigenvalue weighted by Gasteiger charge is -2.15. The van der Waals surface area contributed by atoms with Crippen molar-refractivity contribution < 1.29 is 9.53 Å². The van der Waals surface area contributed by atoms with Crippen LogP contribution >= 0.6 is 11.6 Å². The zero-order valence-electron chi connectivity index (χ0n) is 14.6. The summed E-state index contributed by atoms with van der Waals surface area (Å²) in [7, 11) is 1.57. The van der Waals surface area contributed by atoms with Crippen LogP contribution < -0.4 is 10.1 Å². The first kappa shape index (κ1) is 18.3. The summed E-state index contributed by atoms with van der Waals surface area (Å²) in [4.78, 5) is 12.5. The lowest BCUT2D eigenvalue weighted by molar-refractivity contribution is -0.117. The fourth-order valence-electron chi connectivity index (χ4n) is 2.58. The largest absolute Gasteiger partial charge is 0.495 e. The van der Waals surface area contributed by atoms with Gasteiger partial charge in [-0.05, 0) is 48.6 Å². The molecule has 2 aromatic carbocycles. The summed E-state index contributed by atoms with van der Waals surface area (Å²) >= 11 is 6.01. The number of amides is 1. The highest BCUT2D eigenvalue weighted by Gasteiger charge is 2.17. The van der Waals surface area contributed by atoms with Crippen molar-refractivity contribution in [3.63, 3.8) is 0 Å². The SMILES string of the molecule is COc1ccc(Cl)cc1NC(=O)[C@@H](C)c1ccc(CC(C)C)cc1. The fourth-order valence-corrected chi connectivity index (χ4v) is 2.76. The summed E-state index contributed by atoms with van der Waals surface area (Å²) < 4.78 is 5.27. The van der Waals surface area contributed by atoms with Gasteiger partial charge < -0.3 is 10.1 Å². The minimum absolute atomic E-state index is 0.0906. The maximum atomic E-state index is 12.5. The van der Waals surface area contributed by atoms with Crippen LogP contribution in [0.25, 0.3) is 0 Å². The summed E-state index contributed by atoms with van der Waals surface area (Å²) in [5.41, 5.74) is 2.86. The maximum absolute atomic E-state index is 12.5. The number of rotatable bonds is 6. The molecule has 0 aromatic heterocycles. The quantitative estimate of drug-likeness (QED) is 0.772. The van der Waals surface area contributed by atoms with E-state index in [0.29, 0.717) is 22.4 Å². The number of carbonyl (C=O) groups excluding carboxylic acids is 1. The Balaban J connectivity index is 2.11. The van der Waals surface area contributed by atoms with Crippen molar-refractivity contribution in [2.45, 2.75) is 33.1 Å². The highest BCUT2D eigenvalue weighted by Crippen LogP contribution is 2.29. The van der Waals surface area contributed by atoms with Gasteiger partial charge in [-0.15, -0.1) is 0 Å². The topological polar surface area (TPSA) is 38.3 Å². The first-order valence-corrected chi connectivity index (χ1v) is 8.51. The number of anilines is 1. The molecule has 0 bridgehead atoms. The molecule has 0 fully saturated rings. The van der Waals surface area contributed by atoms with E-state index in [4.69, 9.17) is 16.3 Å². The van der Waals surface area contributed by atoms with Crippen molar-refractivity contribution in [2.75, 3.05) is 12.4 Å². The van der Waals surface area contributed by atoms with Crippen LogP contribution in [0.2, 0.25) is 5.02 Å². The first-order valence-electron chi connectivity index (χ1n) is 8.14. The third-order valence-electron chi connectivity index (χ3n) is 3.94. The number of nitrogens with one attached hydrogen (secondary N) is 1. The van der Waals surface area contributed by atoms with Gasteiger partial charge >= 0.3 is 0 Å². The number of halogens is 1. The number of methoxy groups -OCH3 is 1. The molecule has 1 N–H and O–H groups in total. The van der Waals surface area contributed by atoms with Crippen LogP contribution in [0.15, 0.2) is 42.5 Å². The lowest BCUT2D eigenvalue weighted by Crippen LogP contribution is -2.19. The second-order valence-electron chi connectivity index (χ2n) is 6.40. The average Bonchev–Trinajstić information content (AvgIpc) is 2.54. The third kappa shape index (κ3) is 4.75. The summed E-state index contributed by atoms with van der Waals surface area (Å²) in [5.74, 6) is 0.855. The molecule has 0 spiro atoms.